The number of aliphatic hydroxyl groups is 8. The molecule has 526 valence electrons. The first-order valence-corrected chi connectivity index (χ1v) is 36.4. The molecule has 14 nitrogen and oxygen atoms in total. The predicted octanol–water partition coefficient (Wildman–Crippen LogP) is 15.5. The van der Waals surface area contributed by atoms with Gasteiger partial charge in [-0.3, -0.25) is 4.79 Å². The lowest BCUT2D eigenvalue weighted by Crippen LogP contribution is -2.65. The summed E-state index contributed by atoms with van der Waals surface area (Å²) >= 11 is 0. The first kappa shape index (κ1) is 84.2. The second kappa shape index (κ2) is 60.8. The summed E-state index contributed by atoms with van der Waals surface area (Å²) in [4.78, 5) is 13.3. The van der Waals surface area contributed by atoms with Gasteiger partial charge in [0.2, 0.25) is 5.91 Å². The molecule has 92 heavy (non-hydrogen) atoms. The highest BCUT2D eigenvalue weighted by molar-refractivity contribution is 5.76. The Kier molecular flexibility index (Phi) is 55.6. The molecule has 9 N–H and O–H groups in total. The summed E-state index contributed by atoms with van der Waals surface area (Å²) < 4.78 is 22.8. The minimum absolute atomic E-state index is 0.217. The van der Waals surface area contributed by atoms with Crippen LogP contribution >= 0.6 is 0 Å². The average Bonchev–Trinajstić information content (AvgIpc) is 0.829. The highest BCUT2D eigenvalue weighted by Gasteiger charge is 2.51. The van der Waals surface area contributed by atoms with Crippen LogP contribution in [-0.4, -0.2) is 140 Å². The molecular weight excluding hydrogens is 1160 g/mol. The maximum atomic E-state index is 13.3. The number of carbonyl (C=O) groups is 1. The molecule has 0 aromatic carbocycles. The normalized spacial score (nSPS) is 23.5. The highest BCUT2D eigenvalue weighted by atomic mass is 16.7. The molecule has 0 bridgehead atoms. The topological polar surface area (TPSA) is 228 Å². The molecule has 0 spiro atoms. The first-order chi connectivity index (χ1) is 45.1. The Morgan fingerprint density at radius 1 is 0.402 bits per heavy atom. The van der Waals surface area contributed by atoms with Gasteiger partial charge in [0.1, 0.15) is 48.8 Å². The SMILES string of the molecule is CC/C=C\C/C=C\C/C=C\C/C=C\C/C=C\C/C=C\C/C=C\C/C=C\C/C=C\C/C=C\CCCCC(=O)NC(COC1OC(CO)C(OC2OC(CO)C(O)C(O)C2O)C(O)C1O)C(O)/C=C/CCCCCCCCCCCCCCCCCCCCCCCCC. The lowest BCUT2D eigenvalue weighted by Gasteiger charge is -2.46. The summed E-state index contributed by atoms with van der Waals surface area (Å²) in [5, 5.41) is 87.5. The van der Waals surface area contributed by atoms with Crippen molar-refractivity contribution in [1.82, 2.24) is 5.32 Å². The third-order valence-corrected chi connectivity index (χ3v) is 16.8. The quantitative estimate of drug-likeness (QED) is 0.0204. The van der Waals surface area contributed by atoms with Crippen molar-refractivity contribution in [2.24, 2.45) is 0 Å². The van der Waals surface area contributed by atoms with E-state index in [9.17, 15) is 45.6 Å². The van der Waals surface area contributed by atoms with Crippen molar-refractivity contribution in [3.05, 3.63) is 134 Å². The predicted molar refractivity (Wildman–Crippen MR) is 378 cm³/mol. The third-order valence-electron chi connectivity index (χ3n) is 16.8. The molecule has 2 aliphatic rings. The molecule has 0 aromatic heterocycles. The lowest BCUT2D eigenvalue weighted by atomic mass is 9.97. The van der Waals surface area contributed by atoms with Crippen LogP contribution in [0.4, 0.5) is 0 Å². The lowest BCUT2D eigenvalue weighted by molar-refractivity contribution is -0.359. The number of rotatable bonds is 58. The summed E-state index contributed by atoms with van der Waals surface area (Å²) in [5.74, 6) is -0.285. The molecule has 0 radical (unpaired) electrons. The number of ether oxygens (including phenoxy) is 4. The molecule has 12 unspecified atom stereocenters. The highest BCUT2D eigenvalue weighted by Crippen LogP contribution is 2.30. The molecule has 2 rings (SSSR count). The van der Waals surface area contributed by atoms with E-state index >= 15 is 0 Å². The Bertz CT molecular complexity index is 2060. The van der Waals surface area contributed by atoms with Crippen LogP contribution in [0, 0.1) is 0 Å². The fourth-order valence-electron chi connectivity index (χ4n) is 11.1. The van der Waals surface area contributed by atoms with Crippen LogP contribution in [0.5, 0.6) is 0 Å². The minimum atomic E-state index is -1.80. The van der Waals surface area contributed by atoms with Crippen LogP contribution in [0.1, 0.15) is 258 Å². The number of allylic oxidation sites excluding steroid dienone is 21. The number of amides is 1. The van der Waals surface area contributed by atoms with Gasteiger partial charge in [-0.25, -0.2) is 0 Å². The van der Waals surface area contributed by atoms with Crippen LogP contribution in [0.25, 0.3) is 0 Å². The van der Waals surface area contributed by atoms with Crippen LogP contribution < -0.4 is 5.32 Å². The fraction of sp³-hybridized carbons (Fsp3) is 0.705. The fourth-order valence-corrected chi connectivity index (χ4v) is 11.1. The number of carbonyl (C=O) groups excluding carboxylic acids is 1. The first-order valence-electron chi connectivity index (χ1n) is 36.4. The van der Waals surface area contributed by atoms with Gasteiger partial charge in [-0.1, -0.05) is 289 Å². The van der Waals surface area contributed by atoms with Gasteiger partial charge in [-0.15, -0.1) is 0 Å². The van der Waals surface area contributed by atoms with E-state index in [-0.39, 0.29) is 18.9 Å². The molecule has 2 saturated heterocycles. The Morgan fingerprint density at radius 2 is 0.750 bits per heavy atom. The summed E-state index contributed by atoms with van der Waals surface area (Å²) in [6.45, 7) is 2.67. The smallest absolute Gasteiger partial charge is 0.220 e. The van der Waals surface area contributed by atoms with Gasteiger partial charge in [-0.05, 0) is 96.3 Å². The Labute approximate surface area is 558 Å². The Morgan fingerprint density at radius 3 is 1.15 bits per heavy atom. The van der Waals surface area contributed by atoms with E-state index in [1.807, 2.05) is 6.08 Å². The minimum Gasteiger partial charge on any atom is -0.394 e. The number of unbranched alkanes of at least 4 members (excludes halogenated alkanes) is 25. The van der Waals surface area contributed by atoms with Gasteiger partial charge in [0.25, 0.3) is 0 Å². The van der Waals surface area contributed by atoms with Crippen molar-refractivity contribution in [3.8, 4) is 0 Å². The van der Waals surface area contributed by atoms with E-state index in [0.717, 1.165) is 103 Å². The summed E-state index contributed by atoms with van der Waals surface area (Å²) in [5.41, 5.74) is 0. The maximum Gasteiger partial charge on any atom is 0.220 e. The van der Waals surface area contributed by atoms with Gasteiger partial charge in [0.05, 0.1) is 32.0 Å². The summed E-state index contributed by atoms with van der Waals surface area (Å²) in [7, 11) is 0. The van der Waals surface area contributed by atoms with Crippen LogP contribution in [-0.2, 0) is 23.7 Å². The van der Waals surface area contributed by atoms with Crippen molar-refractivity contribution >= 4 is 5.91 Å². The molecule has 12 atom stereocenters. The van der Waals surface area contributed by atoms with E-state index in [2.05, 4.69) is 141 Å². The van der Waals surface area contributed by atoms with Gasteiger partial charge in [0.15, 0.2) is 12.6 Å². The number of hydrogen-bond donors (Lipinski definition) is 9. The molecule has 0 saturated carbocycles. The number of hydrogen-bond acceptors (Lipinski definition) is 13. The van der Waals surface area contributed by atoms with Gasteiger partial charge in [0, 0.05) is 6.42 Å². The van der Waals surface area contributed by atoms with Crippen molar-refractivity contribution in [2.75, 3.05) is 19.8 Å². The summed E-state index contributed by atoms with van der Waals surface area (Å²) in [6.07, 6.45) is 73.6. The average molecular weight is 1290 g/mol. The summed E-state index contributed by atoms with van der Waals surface area (Å²) in [6, 6.07) is -0.950. The van der Waals surface area contributed by atoms with Crippen molar-refractivity contribution in [1.29, 1.82) is 0 Å². The second-order valence-electron chi connectivity index (χ2n) is 25.0. The molecule has 2 aliphatic heterocycles. The van der Waals surface area contributed by atoms with Crippen LogP contribution in [0.3, 0.4) is 0 Å². The Hall–Kier alpha value is -3.87. The van der Waals surface area contributed by atoms with Crippen LogP contribution in [0.15, 0.2) is 134 Å². The van der Waals surface area contributed by atoms with Gasteiger partial charge < -0.3 is 65.1 Å². The van der Waals surface area contributed by atoms with Crippen LogP contribution in [0.2, 0.25) is 0 Å². The molecule has 14 heteroatoms. The zero-order valence-corrected chi connectivity index (χ0v) is 57.2. The Balaban J connectivity index is 1.71. The molecule has 2 fully saturated rings. The standard InChI is InChI=1S/C78H131NO13/c1-3-5-7-9-11-13-15-17-19-21-23-25-27-29-30-31-32-33-34-35-36-38-40-42-44-46-48-50-52-54-56-58-60-62-70(83)79-66(65-89-77-75(88)73(86)76(69(64-81)91-77)92-78-74(87)72(85)71(84)68(63-80)90-78)67(82)61-59-57-55-53-51-49-47-45-43-41-39-37-28-26-24-22-20-18-16-14-12-10-8-6-4-2/h5,7,11,13,17,19,23,25,29-30,32-33,35-36,40,42,46,48,52,54,59,61,66-69,71-78,80-82,84-88H,3-4,6,8-10,12,14-16,18,20-22,24,26-28,31,34,37-39,41,43-45,47,49-51,53,55-58,60,62-65H2,1-2H3,(H,79,83)/b7-5-,13-11-,19-17-,25-23-,30-29-,33-32-,36-35-,42-40-,48-46-,54-52-,61-59+. The van der Waals surface area contributed by atoms with Crippen molar-refractivity contribution in [2.45, 2.75) is 331 Å². The molecule has 2 heterocycles. The van der Waals surface area contributed by atoms with E-state index < -0.39 is 86.8 Å². The van der Waals surface area contributed by atoms with Crippen molar-refractivity contribution in [3.63, 3.8) is 0 Å². The van der Waals surface area contributed by atoms with E-state index in [1.165, 1.54) is 128 Å². The van der Waals surface area contributed by atoms with E-state index in [0.29, 0.717) is 6.42 Å². The molecular formula is C78H131NO13. The third kappa shape index (κ3) is 44.0. The number of nitrogens with one attached hydrogen (secondary N) is 1. The van der Waals surface area contributed by atoms with E-state index in [4.69, 9.17) is 18.9 Å². The molecule has 0 aliphatic carbocycles. The van der Waals surface area contributed by atoms with Gasteiger partial charge >= 0.3 is 0 Å². The zero-order valence-electron chi connectivity index (χ0n) is 57.2. The largest absolute Gasteiger partial charge is 0.394 e. The zero-order chi connectivity index (χ0) is 66.6. The number of aliphatic hydroxyl groups excluding tert-OH is 8. The van der Waals surface area contributed by atoms with E-state index in [1.54, 1.807) is 6.08 Å². The monoisotopic (exact) mass is 1290 g/mol. The molecule has 0 aromatic rings. The second-order valence-corrected chi connectivity index (χ2v) is 25.0. The molecule has 1 amide bonds. The maximum absolute atomic E-state index is 13.3. The van der Waals surface area contributed by atoms with Gasteiger partial charge in [-0.2, -0.15) is 0 Å². The van der Waals surface area contributed by atoms with Crippen molar-refractivity contribution < 1.29 is 64.6 Å².